The number of hydrogen-bond donors (Lipinski definition) is 2. The van der Waals surface area contributed by atoms with E-state index in [2.05, 4.69) is 5.32 Å². The van der Waals surface area contributed by atoms with Crippen molar-refractivity contribution in [2.24, 2.45) is 0 Å². The van der Waals surface area contributed by atoms with Crippen molar-refractivity contribution >= 4 is 11.6 Å². The molecule has 2 rings (SSSR count). The lowest BCUT2D eigenvalue weighted by Gasteiger charge is -2.17. The summed E-state index contributed by atoms with van der Waals surface area (Å²) in [5, 5.41) is 4.51. The fourth-order valence-electron chi connectivity index (χ4n) is 2.22. The molecule has 3 nitrogen and oxygen atoms in total. The molecule has 0 aliphatic rings. The van der Waals surface area contributed by atoms with Crippen molar-refractivity contribution in [3.63, 3.8) is 0 Å². The molecular formula is C17H19F2N2O+. The van der Waals surface area contributed by atoms with Crippen molar-refractivity contribution < 1.29 is 18.9 Å². The third kappa shape index (κ3) is 4.11. The van der Waals surface area contributed by atoms with Crippen LogP contribution < -0.4 is 10.6 Å². The van der Waals surface area contributed by atoms with Gasteiger partial charge in [-0.1, -0.05) is 30.3 Å². The number of quaternary nitrogens is 1. The Balaban J connectivity index is 1.95. The Labute approximate surface area is 128 Å². The van der Waals surface area contributed by atoms with Gasteiger partial charge in [-0.3, -0.25) is 4.79 Å². The molecule has 0 aromatic heterocycles. The van der Waals surface area contributed by atoms with Crippen molar-refractivity contribution in [1.82, 2.24) is 0 Å². The summed E-state index contributed by atoms with van der Waals surface area (Å²) in [4.78, 5) is 12.1. The van der Waals surface area contributed by atoms with E-state index in [-0.39, 0.29) is 23.7 Å². The van der Waals surface area contributed by atoms with Gasteiger partial charge in [0.25, 0.3) is 5.91 Å². The zero-order valence-corrected chi connectivity index (χ0v) is 12.5. The summed E-state index contributed by atoms with van der Waals surface area (Å²) in [6.45, 7) is 3.78. The van der Waals surface area contributed by atoms with E-state index >= 15 is 0 Å². The van der Waals surface area contributed by atoms with E-state index in [1.54, 1.807) is 6.92 Å². The summed E-state index contributed by atoms with van der Waals surface area (Å²) >= 11 is 0. The van der Waals surface area contributed by atoms with Crippen LogP contribution in [0.15, 0.2) is 48.5 Å². The second-order valence-electron chi connectivity index (χ2n) is 5.30. The number of carbonyl (C=O) groups excluding carboxylic acids is 1. The molecule has 3 N–H and O–H groups in total. The number of halogens is 2. The zero-order chi connectivity index (χ0) is 16.1. The number of anilines is 1. The Morgan fingerprint density at radius 3 is 2.36 bits per heavy atom. The van der Waals surface area contributed by atoms with Crippen molar-refractivity contribution in [2.75, 3.05) is 5.32 Å². The summed E-state index contributed by atoms with van der Waals surface area (Å²) in [5.74, 6) is -2.17. The van der Waals surface area contributed by atoms with Crippen LogP contribution in [0.3, 0.4) is 0 Å². The van der Waals surface area contributed by atoms with Crippen LogP contribution in [0, 0.1) is 11.6 Å². The van der Waals surface area contributed by atoms with E-state index in [0.717, 1.165) is 17.7 Å². The highest BCUT2D eigenvalue weighted by molar-refractivity contribution is 5.93. The van der Waals surface area contributed by atoms with Gasteiger partial charge in [-0.15, -0.1) is 0 Å². The number of benzene rings is 2. The maximum atomic E-state index is 13.1. The molecule has 0 fully saturated rings. The van der Waals surface area contributed by atoms with Crippen molar-refractivity contribution in [3.05, 3.63) is 65.7 Å². The van der Waals surface area contributed by atoms with Gasteiger partial charge in [0.1, 0.15) is 6.04 Å². The highest BCUT2D eigenvalue weighted by atomic mass is 19.2. The fourth-order valence-corrected chi connectivity index (χ4v) is 2.22. The number of hydrogen-bond acceptors (Lipinski definition) is 1. The van der Waals surface area contributed by atoms with Gasteiger partial charge >= 0.3 is 0 Å². The molecule has 22 heavy (non-hydrogen) atoms. The largest absolute Gasteiger partial charge is 0.330 e. The van der Waals surface area contributed by atoms with Gasteiger partial charge in [0.2, 0.25) is 0 Å². The van der Waals surface area contributed by atoms with E-state index in [1.165, 1.54) is 6.07 Å². The first-order valence-electron chi connectivity index (χ1n) is 7.13. The molecule has 0 saturated carbocycles. The molecule has 0 spiro atoms. The molecule has 0 saturated heterocycles. The van der Waals surface area contributed by atoms with Gasteiger partial charge in [-0.25, -0.2) is 8.78 Å². The minimum atomic E-state index is -0.980. The van der Waals surface area contributed by atoms with E-state index in [9.17, 15) is 13.6 Å². The molecule has 2 atom stereocenters. The highest BCUT2D eigenvalue weighted by Gasteiger charge is 2.20. The van der Waals surface area contributed by atoms with Crippen molar-refractivity contribution in [2.45, 2.75) is 25.9 Å². The van der Waals surface area contributed by atoms with Gasteiger partial charge in [-0.05, 0) is 26.0 Å². The topological polar surface area (TPSA) is 45.7 Å². The Kier molecular flexibility index (Phi) is 5.22. The lowest BCUT2D eigenvalue weighted by molar-refractivity contribution is -0.709. The van der Waals surface area contributed by atoms with Crippen LogP contribution >= 0.6 is 0 Å². The van der Waals surface area contributed by atoms with Gasteiger partial charge in [0.05, 0.1) is 0 Å². The molecule has 1 amide bonds. The Morgan fingerprint density at radius 1 is 1.05 bits per heavy atom. The SMILES string of the molecule is C[C@H]([NH2+][C@H](C)c1ccccc1)C(=O)Nc1ccc(F)c(F)c1. The average molecular weight is 305 g/mol. The van der Waals surface area contributed by atoms with Crippen molar-refractivity contribution in [1.29, 1.82) is 0 Å². The molecular weight excluding hydrogens is 286 g/mol. The van der Waals surface area contributed by atoms with E-state index in [1.807, 2.05) is 42.6 Å². The van der Waals surface area contributed by atoms with E-state index in [4.69, 9.17) is 0 Å². The van der Waals surface area contributed by atoms with Crippen LogP contribution in [0.2, 0.25) is 0 Å². The first-order valence-corrected chi connectivity index (χ1v) is 7.13. The number of amides is 1. The van der Waals surface area contributed by atoms with Crippen LogP contribution in [0.5, 0.6) is 0 Å². The number of nitrogens with two attached hydrogens (primary N) is 1. The van der Waals surface area contributed by atoms with Crippen LogP contribution in [-0.4, -0.2) is 11.9 Å². The zero-order valence-electron chi connectivity index (χ0n) is 12.5. The standard InChI is InChI=1S/C17H18F2N2O/c1-11(13-6-4-3-5-7-13)20-12(2)17(22)21-14-8-9-15(18)16(19)10-14/h3-12,20H,1-2H3,(H,21,22)/p+1/t11-,12+/m1/s1. The molecule has 0 bridgehead atoms. The fraction of sp³-hybridized carbons (Fsp3) is 0.235. The molecule has 0 aliphatic carbocycles. The Hall–Kier alpha value is -2.27. The molecule has 2 aromatic carbocycles. The van der Waals surface area contributed by atoms with Crippen LogP contribution in [0.25, 0.3) is 0 Å². The van der Waals surface area contributed by atoms with Gasteiger partial charge in [0, 0.05) is 17.3 Å². The highest BCUT2D eigenvalue weighted by Crippen LogP contribution is 2.13. The number of nitrogens with one attached hydrogen (secondary N) is 1. The number of rotatable bonds is 5. The van der Waals surface area contributed by atoms with Crippen LogP contribution in [0.4, 0.5) is 14.5 Å². The quantitative estimate of drug-likeness (QED) is 0.876. The summed E-state index contributed by atoms with van der Waals surface area (Å²) in [6.07, 6.45) is 0. The smallest absolute Gasteiger partial charge is 0.282 e. The molecule has 2 aromatic rings. The second kappa shape index (κ2) is 7.13. The summed E-state index contributed by atoms with van der Waals surface area (Å²) in [7, 11) is 0. The van der Waals surface area contributed by atoms with Crippen molar-refractivity contribution in [3.8, 4) is 0 Å². The normalized spacial score (nSPS) is 13.5. The van der Waals surface area contributed by atoms with Crippen LogP contribution in [-0.2, 0) is 4.79 Å². The van der Waals surface area contributed by atoms with E-state index < -0.39 is 11.6 Å². The molecule has 5 heteroatoms. The molecule has 0 radical (unpaired) electrons. The lowest BCUT2D eigenvalue weighted by atomic mass is 10.1. The molecule has 0 aliphatic heterocycles. The summed E-state index contributed by atoms with van der Waals surface area (Å²) in [6, 6.07) is 12.9. The summed E-state index contributed by atoms with van der Waals surface area (Å²) < 4.78 is 26.0. The number of carbonyl (C=O) groups is 1. The second-order valence-corrected chi connectivity index (χ2v) is 5.30. The lowest BCUT2D eigenvalue weighted by Crippen LogP contribution is -2.91. The van der Waals surface area contributed by atoms with Gasteiger partial charge < -0.3 is 10.6 Å². The first-order chi connectivity index (χ1) is 10.5. The molecule has 116 valence electrons. The maximum Gasteiger partial charge on any atom is 0.282 e. The van der Waals surface area contributed by atoms with Gasteiger partial charge in [0.15, 0.2) is 17.7 Å². The van der Waals surface area contributed by atoms with Gasteiger partial charge in [-0.2, -0.15) is 0 Å². The predicted molar refractivity (Wildman–Crippen MR) is 81.2 cm³/mol. The molecule has 0 heterocycles. The Morgan fingerprint density at radius 2 is 1.73 bits per heavy atom. The van der Waals surface area contributed by atoms with E-state index in [0.29, 0.717) is 0 Å². The average Bonchev–Trinajstić information content (AvgIpc) is 2.51. The Bertz CT molecular complexity index is 646. The molecule has 0 unspecified atom stereocenters. The summed E-state index contributed by atoms with van der Waals surface area (Å²) in [5.41, 5.74) is 1.37. The first kappa shape index (κ1) is 16.1. The third-order valence-electron chi connectivity index (χ3n) is 3.50. The third-order valence-corrected chi connectivity index (χ3v) is 3.50. The maximum absolute atomic E-state index is 13.1. The predicted octanol–water partition coefficient (Wildman–Crippen LogP) is 2.62. The minimum Gasteiger partial charge on any atom is -0.330 e. The van der Waals surface area contributed by atoms with Crippen LogP contribution in [0.1, 0.15) is 25.5 Å². The monoisotopic (exact) mass is 305 g/mol. The minimum absolute atomic E-state index is 0.118.